The molecule has 0 bridgehead atoms. The summed E-state index contributed by atoms with van der Waals surface area (Å²) >= 11 is 0. The number of aromatic nitrogens is 3. The molecule has 0 spiro atoms. The van der Waals surface area contributed by atoms with E-state index >= 15 is 0 Å². The van der Waals surface area contributed by atoms with Crippen molar-refractivity contribution in [3.63, 3.8) is 0 Å². The fraction of sp³-hybridized carbons (Fsp3) is 0.400. The van der Waals surface area contributed by atoms with Crippen LogP contribution < -0.4 is 10.6 Å². The van der Waals surface area contributed by atoms with Gasteiger partial charge in [0.05, 0.1) is 5.69 Å². The third-order valence-corrected chi connectivity index (χ3v) is 3.11. The Morgan fingerprint density at radius 3 is 2.81 bits per heavy atom. The zero-order valence-corrected chi connectivity index (χ0v) is 12.6. The molecule has 2 aromatic rings. The van der Waals surface area contributed by atoms with Crippen LogP contribution >= 0.6 is 0 Å². The largest absolute Gasteiger partial charge is 0.337 e. The lowest BCUT2D eigenvalue weighted by Gasteiger charge is -2.14. The zero-order valence-electron chi connectivity index (χ0n) is 12.6. The van der Waals surface area contributed by atoms with Gasteiger partial charge in [-0.1, -0.05) is 13.0 Å². The van der Waals surface area contributed by atoms with Crippen molar-refractivity contribution in [1.29, 1.82) is 0 Å². The number of carbonyl (C=O) groups is 1. The fourth-order valence-corrected chi connectivity index (χ4v) is 2.08. The molecule has 2 amide bonds. The second-order valence-electron chi connectivity index (χ2n) is 5.26. The Bertz CT molecular complexity index is 593. The Balaban J connectivity index is 1.77. The van der Waals surface area contributed by atoms with Gasteiger partial charge in [-0.05, 0) is 38.0 Å². The van der Waals surface area contributed by atoms with Crippen molar-refractivity contribution in [3.8, 4) is 0 Å². The average molecular weight is 287 g/mol. The second kappa shape index (κ2) is 6.88. The fourth-order valence-electron chi connectivity index (χ4n) is 2.08. The number of carbonyl (C=O) groups excluding carboxylic acids is 1. The maximum atomic E-state index is 11.8. The minimum absolute atomic E-state index is 0.242. The number of amides is 2. The molecule has 6 heteroatoms. The van der Waals surface area contributed by atoms with Crippen molar-refractivity contribution in [2.45, 2.75) is 27.3 Å². The van der Waals surface area contributed by atoms with Gasteiger partial charge in [-0.25, -0.2) is 9.78 Å². The van der Waals surface area contributed by atoms with Gasteiger partial charge in [0.2, 0.25) is 0 Å². The minimum atomic E-state index is -0.242. The van der Waals surface area contributed by atoms with Crippen LogP contribution in [0.4, 0.5) is 10.6 Å². The van der Waals surface area contributed by atoms with Crippen molar-refractivity contribution in [1.82, 2.24) is 20.1 Å². The van der Waals surface area contributed by atoms with Gasteiger partial charge in [-0.3, -0.25) is 10.00 Å². The molecule has 0 aliphatic rings. The van der Waals surface area contributed by atoms with Gasteiger partial charge in [0.25, 0.3) is 0 Å². The van der Waals surface area contributed by atoms with Gasteiger partial charge < -0.3 is 5.32 Å². The molecule has 0 aliphatic carbocycles. The van der Waals surface area contributed by atoms with Crippen LogP contribution in [0.15, 0.2) is 30.5 Å². The number of rotatable bonds is 5. The standard InChI is InChI=1S/C15H21N5O/c1-11(10-20-13(3)8-12(2)19-20)9-17-15(21)18-14-6-4-5-7-16-14/h4-8,11H,9-10H2,1-3H3,(H2,16,17,18,21)/t11-/m1/s1. The van der Waals surface area contributed by atoms with E-state index in [4.69, 9.17) is 0 Å². The van der Waals surface area contributed by atoms with Crippen molar-refractivity contribution >= 4 is 11.8 Å². The smallest absolute Gasteiger partial charge is 0.320 e. The van der Waals surface area contributed by atoms with E-state index in [9.17, 15) is 4.79 Å². The van der Waals surface area contributed by atoms with Crippen LogP contribution in [0.25, 0.3) is 0 Å². The first-order valence-corrected chi connectivity index (χ1v) is 7.01. The van der Waals surface area contributed by atoms with E-state index in [1.54, 1.807) is 18.3 Å². The summed E-state index contributed by atoms with van der Waals surface area (Å²) in [6.07, 6.45) is 1.64. The molecule has 21 heavy (non-hydrogen) atoms. The maximum Gasteiger partial charge on any atom is 0.320 e. The van der Waals surface area contributed by atoms with Crippen molar-refractivity contribution in [3.05, 3.63) is 41.9 Å². The third kappa shape index (κ3) is 4.59. The molecule has 2 heterocycles. The van der Waals surface area contributed by atoms with E-state index in [-0.39, 0.29) is 11.9 Å². The monoisotopic (exact) mass is 287 g/mol. The summed E-state index contributed by atoms with van der Waals surface area (Å²) in [5.74, 6) is 0.832. The molecule has 0 saturated carbocycles. The zero-order chi connectivity index (χ0) is 15.2. The molecule has 0 saturated heterocycles. The first-order valence-electron chi connectivity index (χ1n) is 7.01. The third-order valence-electron chi connectivity index (χ3n) is 3.11. The van der Waals surface area contributed by atoms with Gasteiger partial charge >= 0.3 is 6.03 Å². The Hall–Kier alpha value is -2.37. The van der Waals surface area contributed by atoms with Gasteiger partial charge in [-0.15, -0.1) is 0 Å². The quantitative estimate of drug-likeness (QED) is 0.886. The van der Waals surface area contributed by atoms with Crippen LogP contribution in [0.3, 0.4) is 0 Å². The normalized spacial score (nSPS) is 12.0. The van der Waals surface area contributed by atoms with Crippen LogP contribution in [-0.2, 0) is 6.54 Å². The highest BCUT2D eigenvalue weighted by Gasteiger charge is 2.09. The molecule has 112 valence electrons. The van der Waals surface area contributed by atoms with Gasteiger partial charge in [0, 0.05) is 25.0 Å². The molecule has 0 radical (unpaired) electrons. The highest BCUT2D eigenvalue weighted by Crippen LogP contribution is 2.06. The van der Waals surface area contributed by atoms with Crippen molar-refractivity contribution in [2.24, 2.45) is 5.92 Å². The van der Waals surface area contributed by atoms with E-state index in [1.807, 2.05) is 30.7 Å². The molecular formula is C15H21N5O. The van der Waals surface area contributed by atoms with Crippen LogP contribution in [0.5, 0.6) is 0 Å². The first kappa shape index (κ1) is 15.0. The molecule has 2 aromatic heterocycles. The van der Waals surface area contributed by atoms with Crippen LogP contribution in [0, 0.1) is 19.8 Å². The Labute approximate surface area is 124 Å². The minimum Gasteiger partial charge on any atom is -0.337 e. The summed E-state index contributed by atoms with van der Waals surface area (Å²) in [6.45, 7) is 7.46. The van der Waals surface area contributed by atoms with Crippen LogP contribution in [0.1, 0.15) is 18.3 Å². The summed E-state index contributed by atoms with van der Waals surface area (Å²) in [4.78, 5) is 15.8. The summed E-state index contributed by atoms with van der Waals surface area (Å²) in [7, 11) is 0. The number of aryl methyl sites for hydroxylation is 2. The maximum absolute atomic E-state index is 11.8. The Morgan fingerprint density at radius 2 is 2.19 bits per heavy atom. The Morgan fingerprint density at radius 1 is 1.38 bits per heavy atom. The van der Waals surface area contributed by atoms with Crippen molar-refractivity contribution in [2.75, 3.05) is 11.9 Å². The van der Waals surface area contributed by atoms with Crippen molar-refractivity contribution < 1.29 is 4.79 Å². The summed E-state index contributed by atoms with van der Waals surface area (Å²) in [6, 6.07) is 7.19. The molecule has 6 nitrogen and oxygen atoms in total. The van der Waals surface area contributed by atoms with E-state index in [0.29, 0.717) is 12.4 Å². The predicted molar refractivity (Wildman–Crippen MR) is 82.1 cm³/mol. The number of hydrogen-bond acceptors (Lipinski definition) is 3. The van der Waals surface area contributed by atoms with Crippen LogP contribution in [0.2, 0.25) is 0 Å². The topological polar surface area (TPSA) is 71.8 Å². The number of pyridine rings is 1. The highest BCUT2D eigenvalue weighted by molar-refractivity contribution is 5.88. The van der Waals surface area contributed by atoms with E-state index in [0.717, 1.165) is 17.9 Å². The van der Waals surface area contributed by atoms with Gasteiger partial charge in [0.15, 0.2) is 0 Å². The molecule has 2 N–H and O–H groups in total. The number of nitrogens with one attached hydrogen (secondary N) is 2. The molecule has 0 unspecified atom stereocenters. The molecule has 0 fully saturated rings. The number of nitrogens with zero attached hydrogens (tertiary/aromatic N) is 3. The summed E-state index contributed by atoms with van der Waals surface area (Å²) < 4.78 is 1.97. The Kier molecular flexibility index (Phi) is 4.92. The van der Waals surface area contributed by atoms with E-state index in [1.165, 1.54) is 0 Å². The molecule has 1 atom stereocenters. The number of urea groups is 1. The number of hydrogen-bond donors (Lipinski definition) is 2. The van der Waals surface area contributed by atoms with E-state index in [2.05, 4.69) is 27.6 Å². The molecule has 0 aromatic carbocycles. The average Bonchev–Trinajstić information content (AvgIpc) is 2.76. The molecule has 0 aliphatic heterocycles. The van der Waals surface area contributed by atoms with Gasteiger partial charge in [-0.2, -0.15) is 5.10 Å². The summed E-state index contributed by atoms with van der Waals surface area (Å²) in [5.41, 5.74) is 2.15. The lowest BCUT2D eigenvalue weighted by molar-refractivity contribution is 0.249. The van der Waals surface area contributed by atoms with Crippen LogP contribution in [-0.4, -0.2) is 27.3 Å². The predicted octanol–water partition coefficient (Wildman–Crippen LogP) is 2.35. The number of anilines is 1. The second-order valence-corrected chi connectivity index (χ2v) is 5.26. The SMILES string of the molecule is Cc1cc(C)n(C[C@H](C)CNC(=O)Nc2ccccn2)n1. The lowest BCUT2D eigenvalue weighted by Crippen LogP contribution is -2.34. The first-order chi connectivity index (χ1) is 10.0. The highest BCUT2D eigenvalue weighted by atomic mass is 16.2. The summed E-state index contributed by atoms with van der Waals surface area (Å²) in [5, 5.41) is 9.96. The molecular weight excluding hydrogens is 266 g/mol. The van der Waals surface area contributed by atoms with E-state index < -0.39 is 0 Å². The molecule has 2 rings (SSSR count). The lowest BCUT2D eigenvalue weighted by atomic mass is 10.2. The van der Waals surface area contributed by atoms with Gasteiger partial charge in [0.1, 0.15) is 5.82 Å².